The molecule has 3 heterocycles. The van der Waals surface area contributed by atoms with Gasteiger partial charge in [0.05, 0.1) is 5.54 Å². The van der Waals surface area contributed by atoms with Crippen molar-refractivity contribution in [2.24, 2.45) is 0 Å². The second-order valence-corrected chi connectivity index (χ2v) is 24.1. The maximum Gasteiger partial charge on any atom is 0.252 e. The fraction of sp³-hybridized carbons (Fsp3) is 0.239. The minimum Gasteiger partial charge on any atom is -0.334 e. The van der Waals surface area contributed by atoms with Gasteiger partial charge < -0.3 is 14.7 Å². The molecule has 12 rings (SSSR count). The van der Waals surface area contributed by atoms with Crippen LogP contribution in [0.25, 0.3) is 27.8 Å². The number of nitrogens with zero attached hydrogens (tertiary/aromatic N) is 3. The third kappa shape index (κ3) is 7.85. The highest BCUT2D eigenvalue weighted by molar-refractivity contribution is 7.00. The molecular weight excluding hydrogens is 906 g/mol. The molecule has 0 bridgehead atoms. The summed E-state index contributed by atoms with van der Waals surface area (Å²) < 4.78 is 0. The molecule has 0 amide bonds. The number of hydrogen-bond donors (Lipinski definition) is 0. The molecule has 1 aliphatic carbocycles. The molecule has 1 saturated carbocycles. The van der Waals surface area contributed by atoms with Crippen LogP contribution in [0.2, 0.25) is 0 Å². The summed E-state index contributed by atoms with van der Waals surface area (Å²) in [5, 5.41) is 0. The summed E-state index contributed by atoms with van der Waals surface area (Å²) in [7, 11) is 0. The lowest BCUT2D eigenvalue weighted by atomic mass is 9.33. The van der Waals surface area contributed by atoms with E-state index in [0.717, 1.165) is 18.5 Å². The molecule has 3 nitrogen and oxygen atoms in total. The van der Waals surface area contributed by atoms with Gasteiger partial charge in [0.1, 0.15) is 0 Å². The van der Waals surface area contributed by atoms with Gasteiger partial charge in [-0.2, -0.15) is 0 Å². The van der Waals surface area contributed by atoms with Crippen molar-refractivity contribution in [1.29, 1.82) is 0 Å². The lowest BCUT2D eigenvalue weighted by Crippen LogP contribution is -2.61. The molecule has 8 aromatic carbocycles. The van der Waals surface area contributed by atoms with Gasteiger partial charge in [-0.3, -0.25) is 0 Å². The summed E-state index contributed by atoms with van der Waals surface area (Å²) in [6.07, 6.45) is 13.0. The van der Waals surface area contributed by atoms with Crippen LogP contribution >= 0.6 is 0 Å². The van der Waals surface area contributed by atoms with Crippen molar-refractivity contribution < 1.29 is 0 Å². The molecule has 0 N–H and O–H groups in total. The molecule has 4 heteroatoms. The van der Waals surface area contributed by atoms with Crippen LogP contribution < -0.4 is 31.1 Å². The minimum atomic E-state index is -0.201. The third-order valence-corrected chi connectivity index (χ3v) is 17.6. The summed E-state index contributed by atoms with van der Waals surface area (Å²) >= 11 is 0. The molecule has 2 atom stereocenters. The molecule has 1 fully saturated rings. The van der Waals surface area contributed by atoms with Gasteiger partial charge in [0, 0.05) is 50.9 Å². The second kappa shape index (κ2) is 18.1. The predicted octanol–water partition coefficient (Wildman–Crippen LogP) is 17.6. The van der Waals surface area contributed by atoms with Gasteiger partial charge >= 0.3 is 0 Å². The molecule has 4 aliphatic rings. The second-order valence-electron chi connectivity index (χ2n) is 24.1. The Kier molecular flexibility index (Phi) is 11.7. The maximum absolute atomic E-state index is 4.00. The summed E-state index contributed by atoms with van der Waals surface area (Å²) in [5.74, 6) is 0. The standard InChI is InChI=1S/C71H70BN3/c1-11-13-24-48(12-2)52-34-38-62-59(42-52)70(9)39-20-21-40-71(70,10)75(62)58-46-65-67-66(47-58)74(57-32-23-30-54(44-57)68(3,4)5)64-45-55(69(6,7)8)35-37-61(64)72(67)60-36-33-53(50-27-18-15-19-28-50)43-63(60)73(65)56-31-22-29-51(41-56)49-25-16-14-17-26-49/h11-19,22-38,41-47H,1,20-21,39-40H2,2-10H3/b24-13-,48-12+. The highest BCUT2D eigenvalue weighted by atomic mass is 15.3. The SMILES string of the molecule is C=C/C=C\C(=C/C)c1ccc2c(c1)C1(C)CCCCC1(C)N2c1cc2c3c(c1)N(c1cccc(C(C)(C)C)c1)c1cc(C(C)(C)C)ccc1B3c1ccc(-c3ccccc3)cc1N2c1cccc(-c2ccccc2)c1. The Morgan fingerprint density at radius 1 is 0.520 bits per heavy atom. The van der Waals surface area contributed by atoms with Crippen molar-refractivity contribution in [3.05, 3.63) is 229 Å². The topological polar surface area (TPSA) is 9.72 Å². The van der Waals surface area contributed by atoms with Crippen molar-refractivity contribution in [2.75, 3.05) is 14.7 Å². The Bertz CT molecular complexity index is 3610. The molecule has 3 aliphatic heterocycles. The van der Waals surface area contributed by atoms with Crippen LogP contribution in [0, 0.1) is 0 Å². The van der Waals surface area contributed by atoms with Crippen molar-refractivity contribution in [3.8, 4) is 22.3 Å². The van der Waals surface area contributed by atoms with E-state index in [1.165, 1.54) is 119 Å². The van der Waals surface area contributed by atoms with Gasteiger partial charge in [-0.05, 0) is 165 Å². The lowest BCUT2D eigenvalue weighted by molar-refractivity contribution is 0.195. The summed E-state index contributed by atoms with van der Waals surface area (Å²) in [4.78, 5) is 8.07. The third-order valence-electron chi connectivity index (χ3n) is 17.6. The first-order valence-electron chi connectivity index (χ1n) is 27.4. The fourth-order valence-electron chi connectivity index (χ4n) is 13.4. The highest BCUT2D eigenvalue weighted by Gasteiger charge is 2.58. The molecule has 0 saturated heterocycles. The molecule has 0 spiro atoms. The number of benzene rings is 8. The Balaban J connectivity index is 1.20. The van der Waals surface area contributed by atoms with E-state index in [4.69, 9.17) is 0 Å². The normalized spacial score (nSPS) is 18.9. The zero-order valence-electron chi connectivity index (χ0n) is 45.5. The molecule has 2 unspecified atom stereocenters. The average molecular weight is 976 g/mol. The Labute approximate surface area is 447 Å². The van der Waals surface area contributed by atoms with Gasteiger partial charge in [0.25, 0.3) is 6.71 Å². The van der Waals surface area contributed by atoms with Crippen LogP contribution in [0.5, 0.6) is 0 Å². The molecule has 0 radical (unpaired) electrons. The van der Waals surface area contributed by atoms with E-state index in [0.29, 0.717) is 0 Å². The summed E-state index contributed by atoms with van der Waals surface area (Å²) in [5.41, 5.74) is 24.7. The Morgan fingerprint density at radius 3 is 1.73 bits per heavy atom. The van der Waals surface area contributed by atoms with E-state index >= 15 is 0 Å². The van der Waals surface area contributed by atoms with Gasteiger partial charge in [0.2, 0.25) is 0 Å². The monoisotopic (exact) mass is 976 g/mol. The van der Waals surface area contributed by atoms with E-state index in [1.807, 2.05) is 6.08 Å². The number of anilines is 8. The lowest BCUT2D eigenvalue weighted by Gasteiger charge is -2.51. The zero-order chi connectivity index (χ0) is 52.0. The van der Waals surface area contributed by atoms with Crippen molar-refractivity contribution >= 4 is 74.2 Å². The van der Waals surface area contributed by atoms with E-state index in [1.54, 1.807) is 0 Å². The minimum absolute atomic E-state index is 0.0321. The average Bonchev–Trinajstić information content (AvgIpc) is 3.64. The Morgan fingerprint density at radius 2 is 1.09 bits per heavy atom. The van der Waals surface area contributed by atoms with E-state index in [-0.39, 0.29) is 28.5 Å². The van der Waals surface area contributed by atoms with Crippen LogP contribution in [0.3, 0.4) is 0 Å². The first kappa shape index (κ1) is 48.4. The van der Waals surface area contributed by atoms with Gasteiger partial charge in [-0.15, -0.1) is 0 Å². The largest absolute Gasteiger partial charge is 0.334 e. The fourth-order valence-corrected chi connectivity index (χ4v) is 13.4. The van der Waals surface area contributed by atoms with Gasteiger partial charge in [-0.25, -0.2) is 0 Å². The van der Waals surface area contributed by atoms with Crippen molar-refractivity contribution in [1.82, 2.24) is 0 Å². The van der Waals surface area contributed by atoms with E-state index in [9.17, 15) is 0 Å². The van der Waals surface area contributed by atoms with Crippen LogP contribution in [-0.2, 0) is 16.2 Å². The first-order chi connectivity index (χ1) is 36.1. The van der Waals surface area contributed by atoms with Gasteiger partial charge in [0.15, 0.2) is 0 Å². The molecule has 0 aromatic heterocycles. The van der Waals surface area contributed by atoms with Crippen LogP contribution in [-0.4, -0.2) is 12.3 Å². The quantitative estimate of drug-likeness (QED) is 0.111. The number of fused-ring (bicyclic) bond motifs is 7. The number of rotatable bonds is 8. The van der Waals surface area contributed by atoms with E-state index < -0.39 is 0 Å². The van der Waals surface area contributed by atoms with Crippen LogP contribution in [0.15, 0.2) is 207 Å². The van der Waals surface area contributed by atoms with Crippen molar-refractivity contribution in [2.45, 2.75) is 110 Å². The number of hydrogen-bond acceptors (Lipinski definition) is 3. The first-order valence-corrected chi connectivity index (χ1v) is 27.4. The number of allylic oxidation sites excluding steroid dienone is 5. The Hall–Kier alpha value is -7.56. The smallest absolute Gasteiger partial charge is 0.252 e. The molecule has 372 valence electrons. The zero-order valence-corrected chi connectivity index (χ0v) is 45.5. The maximum atomic E-state index is 4.00. The van der Waals surface area contributed by atoms with Crippen LogP contribution in [0.4, 0.5) is 45.5 Å². The summed E-state index contributed by atoms with van der Waals surface area (Å²) in [6, 6.07) is 67.6. The molecular formula is C71H70BN3. The predicted molar refractivity (Wildman–Crippen MR) is 325 cm³/mol. The van der Waals surface area contributed by atoms with Gasteiger partial charge in [-0.1, -0.05) is 207 Å². The molecule has 75 heavy (non-hydrogen) atoms. The highest BCUT2D eigenvalue weighted by Crippen LogP contribution is 2.62. The van der Waals surface area contributed by atoms with E-state index in [2.05, 4.69) is 278 Å². The molecule has 8 aromatic rings. The summed E-state index contributed by atoms with van der Waals surface area (Å²) in [6.45, 7) is 25.3. The van der Waals surface area contributed by atoms with Crippen molar-refractivity contribution in [3.63, 3.8) is 0 Å². The van der Waals surface area contributed by atoms with Crippen LogP contribution in [0.1, 0.15) is 110 Å².